The maximum absolute atomic E-state index is 11.4. The molecule has 15 heavy (non-hydrogen) atoms. The van der Waals surface area contributed by atoms with Crippen LogP contribution in [-0.4, -0.2) is 16.6 Å². The van der Waals surface area contributed by atoms with Crippen molar-refractivity contribution in [2.45, 2.75) is 32.1 Å². The molecule has 0 spiro atoms. The van der Waals surface area contributed by atoms with E-state index < -0.39 is 0 Å². The lowest BCUT2D eigenvalue weighted by atomic mass is 10.1. The largest absolute Gasteiger partial charge is 0.302 e. The Bertz CT molecular complexity index is 275. The summed E-state index contributed by atoms with van der Waals surface area (Å²) in [5, 5.41) is 5.31. The van der Waals surface area contributed by atoms with Gasteiger partial charge in [0.25, 0.3) is 0 Å². The summed E-state index contributed by atoms with van der Waals surface area (Å²) in [6.45, 7) is 0. The molecule has 0 bridgehead atoms. The highest BCUT2D eigenvalue weighted by atomic mass is 32.1. The van der Waals surface area contributed by atoms with Gasteiger partial charge in [0.2, 0.25) is 5.91 Å². The van der Waals surface area contributed by atoms with Gasteiger partial charge in [0.15, 0.2) is 5.13 Å². The van der Waals surface area contributed by atoms with Gasteiger partial charge in [-0.05, 0) is 18.6 Å². The van der Waals surface area contributed by atoms with E-state index in [1.54, 1.807) is 6.20 Å². The van der Waals surface area contributed by atoms with Crippen LogP contribution < -0.4 is 5.32 Å². The molecule has 0 atom stereocenters. The molecule has 1 amide bonds. The van der Waals surface area contributed by atoms with Gasteiger partial charge in [0, 0.05) is 18.0 Å². The van der Waals surface area contributed by atoms with Crippen LogP contribution in [-0.2, 0) is 4.79 Å². The molecule has 3 nitrogen and oxygen atoms in total. The number of carbonyl (C=O) groups excluding carboxylic acids is 1. The minimum atomic E-state index is 0.0656. The fourth-order valence-electron chi connectivity index (χ4n) is 1.22. The molecule has 0 radical (unpaired) electrons. The number of aromatic nitrogens is 1. The summed E-state index contributed by atoms with van der Waals surface area (Å²) in [4.78, 5) is 15.4. The molecule has 0 saturated carbocycles. The van der Waals surface area contributed by atoms with Crippen LogP contribution in [0, 0.1) is 0 Å². The summed E-state index contributed by atoms with van der Waals surface area (Å²) in [5.74, 6) is 1.00. The molecule has 1 rings (SSSR count). The number of carbonyl (C=O) groups is 1. The molecule has 0 saturated heterocycles. The van der Waals surface area contributed by atoms with Crippen molar-refractivity contribution in [3.8, 4) is 0 Å². The number of amides is 1. The molecule has 0 fully saturated rings. The van der Waals surface area contributed by atoms with Crippen molar-refractivity contribution in [3.63, 3.8) is 0 Å². The van der Waals surface area contributed by atoms with Crippen molar-refractivity contribution in [2.75, 3.05) is 11.1 Å². The zero-order valence-electron chi connectivity index (χ0n) is 8.61. The number of nitrogens with zero attached hydrogens (tertiary/aromatic N) is 1. The Morgan fingerprint density at radius 1 is 1.40 bits per heavy atom. The SMILES string of the molecule is O=C(CCCCCCS)Nc1nccs1. The molecule has 0 unspecified atom stereocenters. The fourth-order valence-corrected chi connectivity index (χ4v) is 1.99. The van der Waals surface area contributed by atoms with Crippen LogP contribution in [0.2, 0.25) is 0 Å². The Morgan fingerprint density at radius 2 is 2.20 bits per heavy atom. The van der Waals surface area contributed by atoms with E-state index >= 15 is 0 Å². The third-order valence-corrected chi connectivity index (χ3v) is 3.00. The van der Waals surface area contributed by atoms with E-state index in [-0.39, 0.29) is 5.91 Å². The van der Waals surface area contributed by atoms with E-state index in [1.165, 1.54) is 11.3 Å². The second-order valence-corrected chi connectivity index (χ2v) is 4.62. The number of hydrogen-bond acceptors (Lipinski definition) is 4. The van der Waals surface area contributed by atoms with Gasteiger partial charge in [-0.3, -0.25) is 4.79 Å². The van der Waals surface area contributed by atoms with Gasteiger partial charge in [-0.15, -0.1) is 11.3 Å². The number of nitrogens with one attached hydrogen (secondary N) is 1. The van der Waals surface area contributed by atoms with Gasteiger partial charge < -0.3 is 5.32 Å². The lowest BCUT2D eigenvalue weighted by Gasteiger charge is -2.01. The maximum atomic E-state index is 11.4. The van der Waals surface area contributed by atoms with Crippen molar-refractivity contribution in [2.24, 2.45) is 0 Å². The van der Waals surface area contributed by atoms with E-state index in [2.05, 4.69) is 22.9 Å². The van der Waals surface area contributed by atoms with Crippen LogP contribution >= 0.6 is 24.0 Å². The highest BCUT2D eigenvalue weighted by Gasteiger charge is 2.02. The first-order valence-corrected chi connectivity index (χ1v) is 6.64. The smallest absolute Gasteiger partial charge is 0.226 e. The van der Waals surface area contributed by atoms with Crippen LogP contribution in [0.1, 0.15) is 32.1 Å². The van der Waals surface area contributed by atoms with Gasteiger partial charge in [-0.2, -0.15) is 12.6 Å². The molecule has 0 aliphatic heterocycles. The lowest BCUT2D eigenvalue weighted by molar-refractivity contribution is -0.116. The van der Waals surface area contributed by atoms with E-state index in [1.807, 2.05) is 5.38 Å². The molecule has 0 aliphatic carbocycles. The molecule has 0 aromatic carbocycles. The summed E-state index contributed by atoms with van der Waals surface area (Å²) < 4.78 is 0. The number of anilines is 1. The molecule has 1 aromatic rings. The minimum Gasteiger partial charge on any atom is -0.302 e. The van der Waals surface area contributed by atoms with E-state index in [9.17, 15) is 4.79 Å². The predicted octanol–water partition coefficient (Wildman–Crippen LogP) is 2.96. The van der Waals surface area contributed by atoms with Gasteiger partial charge in [-0.1, -0.05) is 12.8 Å². The topological polar surface area (TPSA) is 42.0 Å². The van der Waals surface area contributed by atoms with Gasteiger partial charge in [0.05, 0.1) is 0 Å². The molecular weight excluding hydrogens is 228 g/mol. The van der Waals surface area contributed by atoms with Crippen molar-refractivity contribution < 1.29 is 4.79 Å². The first kappa shape index (κ1) is 12.5. The first-order chi connectivity index (χ1) is 7.33. The number of rotatable bonds is 7. The Labute approximate surface area is 99.7 Å². The summed E-state index contributed by atoms with van der Waals surface area (Å²) in [6.07, 6.45) is 6.63. The van der Waals surface area contributed by atoms with E-state index in [4.69, 9.17) is 0 Å². The van der Waals surface area contributed by atoms with Crippen molar-refractivity contribution in [1.29, 1.82) is 0 Å². The van der Waals surface area contributed by atoms with Gasteiger partial charge in [0.1, 0.15) is 0 Å². The van der Waals surface area contributed by atoms with Crippen molar-refractivity contribution in [3.05, 3.63) is 11.6 Å². The van der Waals surface area contributed by atoms with Crippen molar-refractivity contribution >= 4 is 35.0 Å². The van der Waals surface area contributed by atoms with E-state index in [0.29, 0.717) is 11.6 Å². The summed E-state index contributed by atoms with van der Waals surface area (Å²) >= 11 is 5.58. The Hall–Kier alpha value is -0.550. The second kappa shape index (κ2) is 7.70. The Morgan fingerprint density at radius 3 is 2.87 bits per heavy atom. The number of thiazole rings is 1. The standard InChI is InChI=1S/C10H16N2OS2/c13-9(5-3-1-2-4-7-14)12-10-11-6-8-15-10/h6,8,14H,1-5,7H2,(H,11,12,13). The average Bonchev–Trinajstić information content (AvgIpc) is 2.70. The molecule has 1 aromatic heterocycles. The summed E-state index contributed by atoms with van der Waals surface area (Å²) in [6, 6.07) is 0. The zero-order valence-corrected chi connectivity index (χ0v) is 10.3. The predicted molar refractivity (Wildman–Crippen MR) is 67.7 cm³/mol. The number of hydrogen-bond donors (Lipinski definition) is 2. The van der Waals surface area contributed by atoms with E-state index in [0.717, 1.165) is 31.4 Å². The Kier molecular flexibility index (Phi) is 6.43. The summed E-state index contributed by atoms with van der Waals surface area (Å²) in [5.41, 5.74) is 0. The first-order valence-electron chi connectivity index (χ1n) is 5.13. The Balaban J connectivity index is 2.04. The average molecular weight is 244 g/mol. The maximum Gasteiger partial charge on any atom is 0.226 e. The normalized spacial score (nSPS) is 10.2. The van der Waals surface area contributed by atoms with Crippen LogP contribution in [0.15, 0.2) is 11.6 Å². The lowest BCUT2D eigenvalue weighted by Crippen LogP contribution is -2.10. The minimum absolute atomic E-state index is 0.0656. The second-order valence-electron chi connectivity index (χ2n) is 3.27. The quantitative estimate of drug-likeness (QED) is 0.572. The molecule has 1 N–H and O–H groups in total. The van der Waals surface area contributed by atoms with Crippen LogP contribution in [0.3, 0.4) is 0 Å². The fraction of sp³-hybridized carbons (Fsp3) is 0.600. The molecule has 84 valence electrons. The summed E-state index contributed by atoms with van der Waals surface area (Å²) in [7, 11) is 0. The monoisotopic (exact) mass is 244 g/mol. The number of thiol groups is 1. The van der Waals surface area contributed by atoms with Crippen molar-refractivity contribution in [1.82, 2.24) is 4.98 Å². The molecule has 5 heteroatoms. The third-order valence-electron chi connectivity index (χ3n) is 1.99. The molecule has 0 aliphatic rings. The van der Waals surface area contributed by atoms with Crippen LogP contribution in [0.4, 0.5) is 5.13 Å². The van der Waals surface area contributed by atoms with Gasteiger partial charge in [-0.25, -0.2) is 4.98 Å². The van der Waals surface area contributed by atoms with Crippen LogP contribution in [0.5, 0.6) is 0 Å². The highest BCUT2D eigenvalue weighted by molar-refractivity contribution is 7.80. The van der Waals surface area contributed by atoms with Crippen LogP contribution in [0.25, 0.3) is 0 Å². The van der Waals surface area contributed by atoms with Gasteiger partial charge >= 0.3 is 0 Å². The highest BCUT2D eigenvalue weighted by Crippen LogP contribution is 2.11. The third kappa shape index (κ3) is 5.79. The molecule has 1 heterocycles. The zero-order chi connectivity index (χ0) is 10.9. The molecular formula is C10H16N2OS2. The number of unbranched alkanes of at least 4 members (excludes halogenated alkanes) is 3.